The van der Waals surface area contributed by atoms with Crippen molar-refractivity contribution in [2.45, 2.75) is 51.4 Å². The number of hydrogen-bond donors (Lipinski definition) is 0. The molecule has 78 valence electrons. The summed E-state index contributed by atoms with van der Waals surface area (Å²) in [6, 6.07) is 0. The summed E-state index contributed by atoms with van der Waals surface area (Å²) in [7, 11) is 0. The Hall–Kier alpha value is -0.330. The molecule has 3 rings (SSSR count). The van der Waals surface area contributed by atoms with Gasteiger partial charge in [-0.1, -0.05) is 25.7 Å². The normalized spacial score (nSPS) is 46.6. The summed E-state index contributed by atoms with van der Waals surface area (Å²) < 4.78 is 0. The van der Waals surface area contributed by atoms with Crippen molar-refractivity contribution in [1.29, 1.82) is 0 Å². The first kappa shape index (κ1) is 8.94. The highest BCUT2D eigenvalue weighted by atomic mass is 16.1. The zero-order valence-corrected chi connectivity index (χ0v) is 8.87. The second kappa shape index (κ2) is 3.08. The van der Waals surface area contributed by atoms with Crippen LogP contribution >= 0.6 is 0 Å². The maximum Gasteiger partial charge on any atom is 0.126 e. The Balaban J connectivity index is 1.74. The number of hydrogen-bond acceptors (Lipinski definition) is 1. The molecule has 0 aromatic carbocycles. The van der Waals surface area contributed by atoms with E-state index < -0.39 is 0 Å². The summed E-state index contributed by atoms with van der Waals surface area (Å²) in [5.74, 6) is 2.58. The molecule has 0 spiro atoms. The van der Waals surface area contributed by atoms with Gasteiger partial charge in [0, 0.05) is 5.41 Å². The molecule has 0 radical (unpaired) electrons. The molecular weight excluding hydrogens is 172 g/mol. The van der Waals surface area contributed by atoms with Gasteiger partial charge in [-0.3, -0.25) is 0 Å². The quantitative estimate of drug-likeness (QED) is 0.628. The summed E-state index contributed by atoms with van der Waals surface area (Å²) in [6.45, 7) is 0. The van der Waals surface area contributed by atoms with Crippen molar-refractivity contribution in [1.82, 2.24) is 0 Å². The number of carbonyl (C=O) groups is 1. The second-order valence-corrected chi connectivity index (χ2v) is 5.93. The van der Waals surface area contributed by atoms with E-state index >= 15 is 0 Å². The van der Waals surface area contributed by atoms with E-state index in [9.17, 15) is 4.79 Å². The molecule has 3 unspecified atom stereocenters. The number of rotatable bonds is 3. The molecular formula is C13H20O. The van der Waals surface area contributed by atoms with Crippen LogP contribution in [0.1, 0.15) is 51.4 Å². The van der Waals surface area contributed by atoms with E-state index in [1.165, 1.54) is 57.7 Å². The zero-order valence-electron chi connectivity index (χ0n) is 8.87. The Kier molecular flexibility index (Phi) is 1.97. The van der Waals surface area contributed by atoms with Gasteiger partial charge in [-0.15, -0.1) is 0 Å². The summed E-state index contributed by atoms with van der Waals surface area (Å²) in [5, 5.41) is 0. The first-order chi connectivity index (χ1) is 6.82. The van der Waals surface area contributed by atoms with E-state index in [0.29, 0.717) is 0 Å². The standard InChI is InChI=1S/C13H20O/c14-9-13(7-10-2-1-3-10)8-11-4-5-12(13)6-11/h9-12H,1-8H2. The molecule has 0 saturated heterocycles. The predicted molar refractivity (Wildman–Crippen MR) is 55.9 cm³/mol. The molecule has 0 aliphatic heterocycles. The van der Waals surface area contributed by atoms with Gasteiger partial charge in [0.15, 0.2) is 0 Å². The second-order valence-electron chi connectivity index (χ2n) is 5.93. The van der Waals surface area contributed by atoms with Gasteiger partial charge in [0.05, 0.1) is 0 Å². The van der Waals surface area contributed by atoms with Crippen molar-refractivity contribution in [3.8, 4) is 0 Å². The van der Waals surface area contributed by atoms with Crippen LogP contribution in [0.15, 0.2) is 0 Å². The Morgan fingerprint density at radius 2 is 2.07 bits per heavy atom. The van der Waals surface area contributed by atoms with Gasteiger partial charge in [-0.2, -0.15) is 0 Å². The Bertz CT molecular complexity index is 244. The fourth-order valence-corrected chi connectivity index (χ4v) is 4.16. The molecule has 3 aliphatic carbocycles. The average Bonchev–Trinajstić information content (AvgIpc) is 2.71. The summed E-state index contributed by atoms with van der Waals surface area (Å²) in [4.78, 5) is 11.4. The van der Waals surface area contributed by atoms with E-state index in [2.05, 4.69) is 0 Å². The highest BCUT2D eigenvalue weighted by Gasteiger charge is 2.51. The largest absolute Gasteiger partial charge is 0.303 e. The van der Waals surface area contributed by atoms with Crippen molar-refractivity contribution >= 4 is 6.29 Å². The van der Waals surface area contributed by atoms with Crippen LogP contribution in [-0.4, -0.2) is 6.29 Å². The summed E-state index contributed by atoms with van der Waals surface area (Å²) >= 11 is 0. The van der Waals surface area contributed by atoms with Gasteiger partial charge in [-0.25, -0.2) is 0 Å². The van der Waals surface area contributed by atoms with Crippen LogP contribution in [0.25, 0.3) is 0 Å². The van der Waals surface area contributed by atoms with Crippen molar-refractivity contribution in [2.75, 3.05) is 0 Å². The van der Waals surface area contributed by atoms with Gasteiger partial charge in [0.25, 0.3) is 0 Å². The highest BCUT2D eigenvalue weighted by Crippen LogP contribution is 2.58. The third-order valence-corrected chi connectivity index (χ3v) is 5.15. The Labute approximate surface area is 86.3 Å². The molecule has 0 heterocycles. The fraction of sp³-hybridized carbons (Fsp3) is 0.923. The fourth-order valence-electron chi connectivity index (χ4n) is 4.16. The molecule has 0 amide bonds. The van der Waals surface area contributed by atoms with Gasteiger partial charge >= 0.3 is 0 Å². The molecule has 0 aromatic rings. The molecule has 3 atom stereocenters. The van der Waals surface area contributed by atoms with Crippen LogP contribution < -0.4 is 0 Å². The molecule has 2 bridgehead atoms. The van der Waals surface area contributed by atoms with E-state index in [-0.39, 0.29) is 5.41 Å². The highest BCUT2D eigenvalue weighted by molar-refractivity contribution is 5.61. The first-order valence-electron chi connectivity index (χ1n) is 6.29. The maximum absolute atomic E-state index is 11.4. The van der Waals surface area contributed by atoms with Crippen LogP contribution in [0.4, 0.5) is 0 Å². The minimum absolute atomic E-state index is 0.147. The number of aldehydes is 1. The average molecular weight is 192 g/mol. The van der Waals surface area contributed by atoms with Crippen LogP contribution in [-0.2, 0) is 4.79 Å². The van der Waals surface area contributed by atoms with E-state index in [1.807, 2.05) is 0 Å². The third-order valence-electron chi connectivity index (χ3n) is 5.15. The zero-order chi connectivity index (χ0) is 9.60. The van der Waals surface area contributed by atoms with Gasteiger partial charge in [0.2, 0.25) is 0 Å². The van der Waals surface area contributed by atoms with Gasteiger partial charge in [-0.05, 0) is 43.4 Å². The van der Waals surface area contributed by atoms with Crippen LogP contribution in [0.3, 0.4) is 0 Å². The molecule has 3 saturated carbocycles. The van der Waals surface area contributed by atoms with Crippen molar-refractivity contribution in [3.05, 3.63) is 0 Å². The molecule has 1 nitrogen and oxygen atoms in total. The monoisotopic (exact) mass is 192 g/mol. The Morgan fingerprint density at radius 1 is 1.21 bits per heavy atom. The first-order valence-corrected chi connectivity index (χ1v) is 6.29. The van der Waals surface area contributed by atoms with Crippen LogP contribution in [0.5, 0.6) is 0 Å². The minimum Gasteiger partial charge on any atom is -0.303 e. The maximum atomic E-state index is 11.4. The smallest absolute Gasteiger partial charge is 0.126 e. The van der Waals surface area contributed by atoms with Gasteiger partial charge < -0.3 is 4.79 Å². The number of fused-ring (bicyclic) bond motifs is 2. The summed E-state index contributed by atoms with van der Waals surface area (Å²) in [6.07, 6.45) is 12.1. The summed E-state index contributed by atoms with van der Waals surface area (Å²) in [5.41, 5.74) is 0.147. The van der Waals surface area contributed by atoms with Gasteiger partial charge in [0.1, 0.15) is 6.29 Å². The van der Waals surface area contributed by atoms with Crippen molar-refractivity contribution in [2.24, 2.45) is 23.2 Å². The minimum atomic E-state index is 0.147. The lowest BCUT2D eigenvalue weighted by Crippen LogP contribution is -2.33. The lowest BCUT2D eigenvalue weighted by Gasteiger charge is -2.38. The topological polar surface area (TPSA) is 17.1 Å². The molecule has 1 heteroatoms. The van der Waals surface area contributed by atoms with Crippen molar-refractivity contribution in [3.63, 3.8) is 0 Å². The lowest BCUT2D eigenvalue weighted by molar-refractivity contribution is -0.120. The SMILES string of the molecule is O=CC1(CC2CCC2)CC2CCC1C2. The van der Waals surface area contributed by atoms with E-state index in [0.717, 1.165) is 17.8 Å². The Morgan fingerprint density at radius 3 is 2.50 bits per heavy atom. The number of carbonyl (C=O) groups excluding carboxylic acids is 1. The van der Waals surface area contributed by atoms with E-state index in [1.54, 1.807) is 0 Å². The molecule has 3 fully saturated rings. The van der Waals surface area contributed by atoms with Crippen LogP contribution in [0.2, 0.25) is 0 Å². The third kappa shape index (κ3) is 1.17. The van der Waals surface area contributed by atoms with E-state index in [4.69, 9.17) is 0 Å². The molecule has 3 aliphatic rings. The predicted octanol–water partition coefficient (Wildman–Crippen LogP) is 3.18. The lowest BCUT2D eigenvalue weighted by atomic mass is 9.65. The molecule has 0 N–H and O–H groups in total. The molecule has 0 aromatic heterocycles. The van der Waals surface area contributed by atoms with Crippen LogP contribution in [0, 0.1) is 23.2 Å². The van der Waals surface area contributed by atoms with Crippen molar-refractivity contribution < 1.29 is 4.79 Å². The molecule has 14 heavy (non-hydrogen) atoms.